The molecule has 1 aliphatic heterocycles. The molecule has 0 saturated heterocycles. The molecule has 0 saturated carbocycles. The van der Waals surface area contributed by atoms with E-state index >= 15 is 0 Å². The summed E-state index contributed by atoms with van der Waals surface area (Å²) in [4.78, 5) is 21.0. The lowest BCUT2D eigenvalue weighted by Crippen LogP contribution is -2.41. The monoisotopic (exact) mass is 304 g/mol. The third kappa shape index (κ3) is 3.32. The summed E-state index contributed by atoms with van der Waals surface area (Å²) in [5.74, 6) is 1.60. The minimum Gasteiger partial charge on any atom is -0.346 e. The molecule has 21 heavy (non-hydrogen) atoms. The number of fused-ring (bicyclic) bond motifs is 1. The smallest absolute Gasteiger partial charge is 0.271 e. The van der Waals surface area contributed by atoms with Gasteiger partial charge >= 0.3 is 0 Å². The van der Waals surface area contributed by atoms with Crippen molar-refractivity contribution in [1.29, 1.82) is 0 Å². The number of aryl methyl sites for hydroxylation is 1. The van der Waals surface area contributed by atoms with Crippen molar-refractivity contribution >= 4 is 17.2 Å². The van der Waals surface area contributed by atoms with Crippen LogP contribution in [0.15, 0.2) is 17.8 Å². The van der Waals surface area contributed by atoms with Gasteiger partial charge in [0.1, 0.15) is 11.5 Å². The van der Waals surface area contributed by atoms with Crippen LogP contribution in [-0.4, -0.2) is 26.5 Å². The first-order valence-corrected chi connectivity index (χ1v) is 8.25. The van der Waals surface area contributed by atoms with Gasteiger partial charge in [-0.2, -0.15) is 0 Å². The maximum Gasteiger partial charge on any atom is 0.271 e. The number of carbonyl (C=O) groups is 1. The molecule has 2 aromatic rings. The molecule has 0 spiro atoms. The SMILES string of the molecule is CC(C)Cc1nc(C(=O)N[C@@H]2CCc3nccn3C2)cs1. The highest BCUT2D eigenvalue weighted by Gasteiger charge is 2.21. The highest BCUT2D eigenvalue weighted by molar-refractivity contribution is 7.09. The first-order chi connectivity index (χ1) is 10.1. The van der Waals surface area contributed by atoms with Gasteiger partial charge < -0.3 is 9.88 Å². The summed E-state index contributed by atoms with van der Waals surface area (Å²) in [6, 6.07) is 0.162. The van der Waals surface area contributed by atoms with E-state index in [1.165, 1.54) is 0 Å². The normalized spacial score (nSPS) is 17.8. The van der Waals surface area contributed by atoms with E-state index in [4.69, 9.17) is 0 Å². The summed E-state index contributed by atoms with van der Waals surface area (Å²) < 4.78 is 2.11. The quantitative estimate of drug-likeness (QED) is 0.942. The van der Waals surface area contributed by atoms with Gasteiger partial charge in [-0.1, -0.05) is 13.8 Å². The van der Waals surface area contributed by atoms with Crippen LogP contribution in [0.5, 0.6) is 0 Å². The maximum absolute atomic E-state index is 12.3. The Kier molecular flexibility index (Phi) is 4.05. The molecule has 1 atom stereocenters. The first kappa shape index (κ1) is 14.3. The Balaban J connectivity index is 1.60. The number of aromatic nitrogens is 3. The molecule has 3 heterocycles. The lowest BCUT2D eigenvalue weighted by molar-refractivity contribution is 0.0923. The van der Waals surface area contributed by atoms with Crippen LogP contribution >= 0.6 is 11.3 Å². The first-order valence-electron chi connectivity index (χ1n) is 7.37. The number of hydrogen-bond donors (Lipinski definition) is 1. The van der Waals surface area contributed by atoms with Crippen LogP contribution in [-0.2, 0) is 19.4 Å². The zero-order valence-electron chi connectivity index (χ0n) is 12.4. The van der Waals surface area contributed by atoms with Gasteiger partial charge in [-0.3, -0.25) is 4.79 Å². The fourth-order valence-electron chi connectivity index (χ4n) is 2.60. The van der Waals surface area contributed by atoms with Gasteiger partial charge in [0.05, 0.1) is 5.01 Å². The molecular formula is C15H20N4OS. The van der Waals surface area contributed by atoms with Gasteiger partial charge in [0.2, 0.25) is 0 Å². The van der Waals surface area contributed by atoms with Crippen LogP contribution in [0.2, 0.25) is 0 Å². The van der Waals surface area contributed by atoms with Crippen molar-refractivity contribution in [3.63, 3.8) is 0 Å². The molecule has 0 aromatic carbocycles. The largest absolute Gasteiger partial charge is 0.346 e. The van der Waals surface area contributed by atoms with E-state index in [1.54, 1.807) is 11.3 Å². The van der Waals surface area contributed by atoms with Crippen LogP contribution in [0.3, 0.4) is 0 Å². The van der Waals surface area contributed by atoms with Crippen molar-refractivity contribution in [1.82, 2.24) is 19.9 Å². The topological polar surface area (TPSA) is 59.8 Å². The van der Waals surface area contributed by atoms with E-state index in [2.05, 4.69) is 33.7 Å². The lowest BCUT2D eigenvalue weighted by atomic mass is 10.1. The number of rotatable bonds is 4. The van der Waals surface area contributed by atoms with Crippen LogP contribution in [0.1, 0.15) is 41.6 Å². The Labute approximate surface area is 128 Å². The van der Waals surface area contributed by atoms with E-state index in [9.17, 15) is 4.79 Å². The van der Waals surface area contributed by atoms with Gasteiger partial charge in [0.25, 0.3) is 5.91 Å². The Bertz CT molecular complexity index is 631. The average Bonchev–Trinajstić information content (AvgIpc) is 3.06. The zero-order valence-corrected chi connectivity index (χ0v) is 13.2. The predicted octanol–water partition coefficient (Wildman–Crippen LogP) is 2.28. The van der Waals surface area contributed by atoms with Crippen molar-refractivity contribution in [2.24, 2.45) is 5.92 Å². The summed E-state index contributed by atoms with van der Waals surface area (Å²) in [6.07, 6.45) is 6.56. The molecule has 0 fully saturated rings. The van der Waals surface area contributed by atoms with Crippen molar-refractivity contribution in [3.05, 3.63) is 34.3 Å². The molecule has 0 radical (unpaired) electrons. The summed E-state index contributed by atoms with van der Waals surface area (Å²) in [6.45, 7) is 5.11. The molecular weight excluding hydrogens is 284 g/mol. The van der Waals surface area contributed by atoms with E-state index in [0.29, 0.717) is 11.6 Å². The molecule has 1 amide bonds. The van der Waals surface area contributed by atoms with Gasteiger partial charge in [0.15, 0.2) is 0 Å². The highest BCUT2D eigenvalue weighted by atomic mass is 32.1. The Morgan fingerprint density at radius 1 is 1.57 bits per heavy atom. The minimum atomic E-state index is -0.0604. The molecule has 0 aliphatic carbocycles. The lowest BCUT2D eigenvalue weighted by Gasteiger charge is -2.24. The third-order valence-corrected chi connectivity index (χ3v) is 4.51. The van der Waals surface area contributed by atoms with Crippen LogP contribution < -0.4 is 5.32 Å². The van der Waals surface area contributed by atoms with Crippen LogP contribution in [0.25, 0.3) is 0 Å². The third-order valence-electron chi connectivity index (χ3n) is 3.64. The molecule has 6 heteroatoms. The zero-order chi connectivity index (χ0) is 14.8. The minimum absolute atomic E-state index is 0.0604. The summed E-state index contributed by atoms with van der Waals surface area (Å²) in [5.41, 5.74) is 0.548. The van der Waals surface area contributed by atoms with Crippen LogP contribution in [0.4, 0.5) is 0 Å². The van der Waals surface area contributed by atoms with Gasteiger partial charge in [-0.15, -0.1) is 11.3 Å². The Hall–Kier alpha value is -1.69. The molecule has 1 aliphatic rings. The van der Waals surface area contributed by atoms with Gasteiger partial charge in [-0.25, -0.2) is 9.97 Å². The fraction of sp³-hybridized carbons (Fsp3) is 0.533. The molecule has 0 bridgehead atoms. The number of carbonyl (C=O) groups excluding carboxylic acids is 1. The number of nitrogens with zero attached hydrogens (tertiary/aromatic N) is 3. The van der Waals surface area contributed by atoms with E-state index in [-0.39, 0.29) is 11.9 Å². The number of nitrogens with one attached hydrogen (secondary N) is 1. The number of hydrogen-bond acceptors (Lipinski definition) is 4. The summed E-state index contributed by atoms with van der Waals surface area (Å²) in [7, 11) is 0. The second kappa shape index (κ2) is 5.97. The fourth-order valence-corrected chi connectivity index (χ4v) is 3.59. The summed E-state index contributed by atoms with van der Waals surface area (Å²) in [5, 5.41) is 5.99. The Morgan fingerprint density at radius 3 is 3.24 bits per heavy atom. The highest BCUT2D eigenvalue weighted by Crippen LogP contribution is 2.16. The Morgan fingerprint density at radius 2 is 2.43 bits per heavy atom. The van der Waals surface area contributed by atoms with E-state index in [1.807, 2.05) is 17.8 Å². The average molecular weight is 304 g/mol. The van der Waals surface area contributed by atoms with Crippen LogP contribution in [0, 0.1) is 5.92 Å². The molecule has 3 rings (SSSR count). The number of amides is 1. The summed E-state index contributed by atoms with van der Waals surface area (Å²) >= 11 is 1.57. The molecule has 5 nitrogen and oxygen atoms in total. The molecule has 2 aromatic heterocycles. The predicted molar refractivity (Wildman–Crippen MR) is 82.5 cm³/mol. The molecule has 0 unspecified atom stereocenters. The molecule has 1 N–H and O–H groups in total. The van der Waals surface area contributed by atoms with Crippen molar-refractivity contribution < 1.29 is 4.79 Å². The number of imidazole rings is 1. The van der Waals surface area contributed by atoms with E-state index in [0.717, 1.165) is 36.6 Å². The second-order valence-corrected chi connectivity index (χ2v) is 6.87. The number of thiazole rings is 1. The van der Waals surface area contributed by atoms with Crippen molar-refractivity contribution in [2.75, 3.05) is 0 Å². The van der Waals surface area contributed by atoms with Gasteiger partial charge in [-0.05, 0) is 12.3 Å². The standard InChI is InChI=1S/C15H20N4OS/c1-10(2)7-14-18-12(9-21-14)15(20)17-11-3-4-13-16-5-6-19(13)8-11/h5-6,9-11H,3-4,7-8H2,1-2H3,(H,17,20)/t11-/m1/s1. The van der Waals surface area contributed by atoms with Crippen molar-refractivity contribution in [3.8, 4) is 0 Å². The van der Waals surface area contributed by atoms with Gasteiger partial charge in [0, 0.05) is 43.2 Å². The second-order valence-electron chi connectivity index (χ2n) is 5.93. The van der Waals surface area contributed by atoms with E-state index < -0.39 is 0 Å². The maximum atomic E-state index is 12.3. The van der Waals surface area contributed by atoms with Crippen molar-refractivity contribution in [2.45, 2.75) is 45.7 Å². The molecule has 112 valence electrons.